The van der Waals surface area contributed by atoms with Crippen molar-refractivity contribution in [3.8, 4) is 6.07 Å². The van der Waals surface area contributed by atoms with Crippen molar-refractivity contribution in [1.82, 2.24) is 10.2 Å². The van der Waals surface area contributed by atoms with E-state index in [4.69, 9.17) is 0 Å². The maximum absolute atomic E-state index is 9.42. The molecule has 1 rings (SSSR count). The highest BCUT2D eigenvalue weighted by atomic mass is 15.2. The van der Waals surface area contributed by atoms with Crippen molar-refractivity contribution in [2.45, 2.75) is 71.4 Å². The third kappa shape index (κ3) is 5.12. The molecule has 0 aromatic rings. The standard InChI is InChI=1S/C16H31N3/c1-5-10-18-16(4,13-17)11-14(3)19(6-2)12-15-8-7-9-15/h14-15,18H,5-12H2,1-4H3. The van der Waals surface area contributed by atoms with Crippen molar-refractivity contribution in [2.75, 3.05) is 19.6 Å². The molecule has 19 heavy (non-hydrogen) atoms. The average molecular weight is 265 g/mol. The third-order valence-corrected chi connectivity index (χ3v) is 4.46. The number of hydrogen-bond acceptors (Lipinski definition) is 3. The van der Waals surface area contributed by atoms with Crippen LogP contribution in [0.2, 0.25) is 0 Å². The highest BCUT2D eigenvalue weighted by Gasteiger charge is 2.29. The topological polar surface area (TPSA) is 39.1 Å². The van der Waals surface area contributed by atoms with Gasteiger partial charge < -0.3 is 4.90 Å². The molecule has 0 heterocycles. The Morgan fingerprint density at radius 2 is 2.11 bits per heavy atom. The van der Waals surface area contributed by atoms with Crippen LogP contribution in [0.4, 0.5) is 0 Å². The summed E-state index contributed by atoms with van der Waals surface area (Å²) < 4.78 is 0. The normalized spacial score (nSPS) is 20.6. The van der Waals surface area contributed by atoms with Crippen LogP contribution < -0.4 is 5.32 Å². The molecule has 1 N–H and O–H groups in total. The van der Waals surface area contributed by atoms with Gasteiger partial charge in [0, 0.05) is 12.6 Å². The summed E-state index contributed by atoms with van der Waals surface area (Å²) in [5.74, 6) is 0.902. The first-order valence-electron chi connectivity index (χ1n) is 7.95. The number of nitrogens with one attached hydrogen (secondary N) is 1. The molecule has 0 aromatic carbocycles. The van der Waals surface area contributed by atoms with Crippen molar-refractivity contribution < 1.29 is 0 Å². The molecule has 0 saturated heterocycles. The van der Waals surface area contributed by atoms with Gasteiger partial charge in [0.05, 0.1) is 6.07 Å². The van der Waals surface area contributed by atoms with E-state index in [0.717, 1.165) is 31.8 Å². The zero-order valence-corrected chi connectivity index (χ0v) is 13.2. The average Bonchev–Trinajstić information content (AvgIpc) is 2.35. The molecule has 3 heteroatoms. The van der Waals surface area contributed by atoms with E-state index >= 15 is 0 Å². The highest BCUT2D eigenvalue weighted by Crippen LogP contribution is 2.28. The summed E-state index contributed by atoms with van der Waals surface area (Å²) in [5, 5.41) is 12.8. The predicted molar refractivity (Wildman–Crippen MR) is 81.0 cm³/mol. The van der Waals surface area contributed by atoms with Crippen LogP contribution in [0.1, 0.15) is 59.8 Å². The molecule has 0 spiro atoms. The third-order valence-electron chi connectivity index (χ3n) is 4.46. The maximum Gasteiger partial charge on any atom is 0.105 e. The Balaban J connectivity index is 2.48. The van der Waals surface area contributed by atoms with Gasteiger partial charge in [0.15, 0.2) is 0 Å². The summed E-state index contributed by atoms with van der Waals surface area (Å²) in [4.78, 5) is 2.55. The van der Waals surface area contributed by atoms with Crippen molar-refractivity contribution in [2.24, 2.45) is 5.92 Å². The monoisotopic (exact) mass is 265 g/mol. The second kappa shape index (κ2) is 7.87. The molecule has 2 atom stereocenters. The smallest absolute Gasteiger partial charge is 0.105 e. The van der Waals surface area contributed by atoms with E-state index in [1.807, 2.05) is 6.92 Å². The molecule has 3 nitrogen and oxygen atoms in total. The zero-order valence-electron chi connectivity index (χ0n) is 13.2. The van der Waals surface area contributed by atoms with Crippen LogP contribution in [-0.4, -0.2) is 36.1 Å². The molecule has 0 aromatic heterocycles. The number of rotatable bonds is 9. The SMILES string of the molecule is CCCNC(C)(C#N)CC(C)N(CC)CC1CCC1. The largest absolute Gasteiger partial charge is 0.301 e. The van der Waals surface area contributed by atoms with Crippen molar-refractivity contribution in [1.29, 1.82) is 5.26 Å². The highest BCUT2D eigenvalue weighted by molar-refractivity contribution is 5.05. The van der Waals surface area contributed by atoms with Crippen LogP contribution >= 0.6 is 0 Å². The lowest BCUT2D eigenvalue weighted by atomic mass is 9.84. The van der Waals surface area contributed by atoms with Crippen LogP contribution in [-0.2, 0) is 0 Å². The maximum atomic E-state index is 9.42. The van der Waals surface area contributed by atoms with Crippen LogP contribution in [0.25, 0.3) is 0 Å². The van der Waals surface area contributed by atoms with Gasteiger partial charge in [0.2, 0.25) is 0 Å². The Bertz CT molecular complexity index is 293. The fourth-order valence-corrected chi connectivity index (χ4v) is 2.91. The van der Waals surface area contributed by atoms with Gasteiger partial charge in [-0.15, -0.1) is 0 Å². The van der Waals surface area contributed by atoms with E-state index in [0.29, 0.717) is 6.04 Å². The molecule has 0 bridgehead atoms. The van der Waals surface area contributed by atoms with Crippen LogP contribution in [0.15, 0.2) is 0 Å². The first kappa shape index (κ1) is 16.5. The van der Waals surface area contributed by atoms with Gasteiger partial charge in [-0.3, -0.25) is 5.32 Å². The fourth-order valence-electron chi connectivity index (χ4n) is 2.91. The Hall–Kier alpha value is -0.590. The summed E-state index contributed by atoms with van der Waals surface area (Å²) in [7, 11) is 0. The van der Waals surface area contributed by atoms with Crippen molar-refractivity contribution in [3.63, 3.8) is 0 Å². The molecule has 0 radical (unpaired) electrons. The van der Waals surface area contributed by atoms with Gasteiger partial charge in [-0.05, 0) is 58.5 Å². The molecule has 2 unspecified atom stereocenters. The molecular weight excluding hydrogens is 234 g/mol. The van der Waals surface area contributed by atoms with E-state index in [9.17, 15) is 5.26 Å². The van der Waals surface area contributed by atoms with E-state index in [1.54, 1.807) is 0 Å². The van der Waals surface area contributed by atoms with Gasteiger partial charge in [-0.1, -0.05) is 20.3 Å². The number of nitrogens with zero attached hydrogens (tertiary/aromatic N) is 2. The van der Waals surface area contributed by atoms with Crippen molar-refractivity contribution >= 4 is 0 Å². The van der Waals surface area contributed by atoms with E-state index < -0.39 is 0 Å². The Morgan fingerprint density at radius 1 is 1.42 bits per heavy atom. The first-order chi connectivity index (χ1) is 9.04. The quantitative estimate of drug-likeness (QED) is 0.696. The second-order valence-electron chi connectivity index (χ2n) is 6.31. The van der Waals surface area contributed by atoms with Gasteiger partial charge in [-0.2, -0.15) is 5.26 Å². The van der Waals surface area contributed by atoms with Crippen LogP contribution in [0, 0.1) is 17.2 Å². The minimum absolute atomic E-state index is 0.386. The molecule has 1 aliphatic rings. The summed E-state index contributed by atoms with van der Waals surface area (Å²) in [6.07, 6.45) is 6.18. The fraction of sp³-hybridized carbons (Fsp3) is 0.938. The number of nitriles is 1. The van der Waals surface area contributed by atoms with Gasteiger partial charge >= 0.3 is 0 Å². The summed E-state index contributed by atoms with van der Waals surface area (Å²) in [6.45, 7) is 11.9. The molecule has 110 valence electrons. The van der Waals surface area contributed by atoms with E-state index in [2.05, 4.69) is 37.1 Å². The lowest BCUT2D eigenvalue weighted by Crippen LogP contribution is -2.48. The molecular formula is C16H31N3. The summed E-state index contributed by atoms with van der Waals surface area (Å²) in [5.41, 5.74) is -0.386. The Kier molecular flexibility index (Phi) is 6.82. The minimum Gasteiger partial charge on any atom is -0.301 e. The minimum atomic E-state index is -0.386. The molecule has 0 aliphatic heterocycles. The van der Waals surface area contributed by atoms with Gasteiger partial charge in [0.25, 0.3) is 0 Å². The van der Waals surface area contributed by atoms with Crippen LogP contribution in [0.5, 0.6) is 0 Å². The number of hydrogen-bond donors (Lipinski definition) is 1. The van der Waals surface area contributed by atoms with Crippen molar-refractivity contribution in [3.05, 3.63) is 0 Å². The second-order valence-corrected chi connectivity index (χ2v) is 6.31. The Morgan fingerprint density at radius 3 is 2.53 bits per heavy atom. The molecule has 1 fully saturated rings. The molecule has 1 aliphatic carbocycles. The molecule has 1 saturated carbocycles. The lowest BCUT2D eigenvalue weighted by molar-refractivity contribution is 0.128. The van der Waals surface area contributed by atoms with Gasteiger partial charge in [0.1, 0.15) is 5.54 Å². The van der Waals surface area contributed by atoms with Gasteiger partial charge in [-0.25, -0.2) is 0 Å². The zero-order chi connectivity index (χ0) is 14.3. The predicted octanol–water partition coefficient (Wildman–Crippen LogP) is 3.17. The summed E-state index contributed by atoms with van der Waals surface area (Å²) in [6, 6.07) is 2.94. The molecule has 0 amide bonds. The summed E-state index contributed by atoms with van der Waals surface area (Å²) >= 11 is 0. The van der Waals surface area contributed by atoms with E-state index in [1.165, 1.54) is 25.8 Å². The van der Waals surface area contributed by atoms with Crippen LogP contribution in [0.3, 0.4) is 0 Å². The Labute approximate surface area is 119 Å². The van der Waals surface area contributed by atoms with E-state index in [-0.39, 0.29) is 5.54 Å². The first-order valence-corrected chi connectivity index (χ1v) is 7.95. The lowest BCUT2D eigenvalue weighted by Gasteiger charge is -2.38.